The van der Waals surface area contributed by atoms with Crippen LogP contribution in [0, 0.1) is 6.92 Å². The predicted molar refractivity (Wildman–Crippen MR) is 117 cm³/mol. The fourth-order valence-corrected chi connectivity index (χ4v) is 4.51. The van der Waals surface area contributed by atoms with Gasteiger partial charge in [-0.2, -0.15) is 0 Å². The molecule has 29 heavy (non-hydrogen) atoms. The molecule has 0 aliphatic rings. The Hall–Kier alpha value is -3.25. The zero-order valence-electron chi connectivity index (χ0n) is 16.3. The summed E-state index contributed by atoms with van der Waals surface area (Å²) in [6.07, 6.45) is 0.808. The van der Waals surface area contributed by atoms with E-state index in [4.69, 9.17) is 0 Å². The van der Waals surface area contributed by atoms with Gasteiger partial charge in [0.2, 0.25) is 0 Å². The largest absolute Gasteiger partial charge is 0.348 e. The van der Waals surface area contributed by atoms with E-state index in [-0.39, 0.29) is 11.5 Å². The Morgan fingerprint density at radius 2 is 1.83 bits per heavy atom. The van der Waals surface area contributed by atoms with Gasteiger partial charge in [0.05, 0.1) is 5.39 Å². The summed E-state index contributed by atoms with van der Waals surface area (Å²) >= 11 is 1.54. The molecular formula is C23H21N3O2S. The van der Waals surface area contributed by atoms with E-state index in [9.17, 15) is 9.59 Å². The smallest absolute Gasteiger partial charge is 0.260 e. The van der Waals surface area contributed by atoms with Crippen LogP contribution in [-0.4, -0.2) is 15.9 Å². The van der Waals surface area contributed by atoms with Crippen molar-refractivity contribution >= 4 is 27.5 Å². The van der Waals surface area contributed by atoms with Gasteiger partial charge < -0.3 is 10.3 Å². The maximum Gasteiger partial charge on any atom is 0.260 e. The maximum atomic E-state index is 12.6. The minimum absolute atomic E-state index is 0.115. The molecule has 0 radical (unpaired) electrons. The number of carbonyl (C=O) groups excluding carboxylic acids is 1. The van der Waals surface area contributed by atoms with Crippen LogP contribution in [0.4, 0.5) is 0 Å². The fourth-order valence-electron chi connectivity index (χ4n) is 3.40. The summed E-state index contributed by atoms with van der Waals surface area (Å²) < 4.78 is 0. The number of aromatic amines is 1. The molecule has 2 heterocycles. The second-order valence-electron chi connectivity index (χ2n) is 6.83. The van der Waals surface area contributed by atoms with Crippen molar-refractivity contribution in [2.45, 2.75) is 26.8 Å². The maximum absolute atomic E-state index is 12.6. The first-order chi connectivity index (χ1) is 14.1. The first kappa shape index (κ1) is 19.1. The summed E-state index contributed by atoms with van der Waals surface area (Å²) in [5.41, 5.74) is 3.33. The van der Waals surface area contributed by atoms with Crippen molar-refractivity contribution in [1.29, 1.82) is 0 Å². The number of aromatic nitrogens is 2. The second-order valence-corrected chi connectivity index (χ2v) is 8.03. The number of hydrogen-bond donors (Lipinski definition) is 2. The summed E-state index contributed by atoms with van der Waals surface area (Å²) in [5.74, 6) is 0.376. The first-order valence-corrected chi connectivity index (χ1v) is 10.3. The van der Waals surface area contributed by atoms with E-state index in [2.05, 4.69) is 15.3 Å². The normalized spacial score (nSPS) is 11.0. The lowest BCUT2D eigenvalue weighted by atomic mass is 10.1. The quantitative estimate of drug-likeness (QED) is 0.517. The third kappa shape index (κ3) is 3.84. The summed E-state index contributed by atoms with van der Waals surface area (Å²) in [7, 11) is 0. The van der Waals surface area contributed by atoms with Gasteiger partial charge in [0.15, 0.2) is 0 Å². The van der Waals surface area contributed by atoms with Gasteiger partial charge in [-0.05, 0) is 36.6 Å². The van der Waals surface area contributed by atoms with Crippen molar-refractivity contribution in [3.8, 4) is 11.4 Å². The summed E-state index contributed by atoms with van der Waals surface area (Å²) in [6, 6.07) is 16.9. The number of benzene rings is 2. The number of carbonyl (C=O) groups is 1. The molecule has 0 aliphatic carbocycles. The molecule has 146 valence electrons. The predicted octanol–water partition coefficient (Wildman–Crippen LogP) is 4.45. The average molecular weight is 404 g/mol. The monoisotopic (exact) mass is 403 g/mol. The van der Waals surface area contributed by atoms with Crippen LogP contribution in [0.1, 0.15) is 33.3 Å². The van der Waals surface area contributed by atoms with E-state index < -0.39 is 0 Å². The standard InChI is InChI=1S/C23H21N3O2S/c1-3-18-14(2)29-23-19(18)22(28)25-20(26-23)16-9-11-17(12-10-16)21(27)24-13-15-7-5-4-6-8-15/h4-12H,3,13H2,1-2H3,(H,24,27)(H,25,26,28). The lowest BCUT2D eigenvalue weighted by Crippen LogP contribution is -2.22. The SMILES string of the molecule is CCc1c(C)sc2nc(-c3ccc(C(=O)NCc4ccccc4)cc3)[nH]c(=O)c12. The molecule has 0 aliphatic heterocycles. The highest BCUT2D eigenvalue weighted by Gasteiger charge is 2.14. The Kier molecular flexibility index (Phi) is 5.27. The van der Waals surface area contributed by atoms with E-state index in [0.29, 0.717) is 23.3 Å². The van der Waals surface area contributed by atoms with Crippen LogP contribution in [0.5, 0.6) is 0 Å². The number of thiophene rings is 1. The Morgan fingerprint density at radius 1 is 1.10 bits per heavy atom. The van der Waals surface area contributed by atoms with E-state index in [0.717, 1.165) is 32.8 Å². The highest BCUT2D eigenvalue weighted by Crippen LogP contribution is 2.28. The molecule has 0 unspecified atom stereocenters. The van der Waals surface area contributed by atoms with Crippen LogP contribution in [0.2, 0.25) is 0 Å². The number of fused-ring (bicyclic) bond motifs is 1. The number of rotatable bonds is 5. The highest BCUT2D eigenvalue weighted by atomic mass is 32.1. The van der Waals surface area contributed by atoms with Gasteiger partial charge in [-0.15, -0.1) is 11.3 Å². The number of amides is 1. The molecule has 6 heteroatoms. The van der Waals surface area contributed by atoms with E-state index >= 15 is 0 Å². The zero-order chi connectivity index (χ0) is 20.4. The number of hydrogen-bond acceptors (Lipinski definition) is 4. The minimum Gasteiger partial charge on any atom is -0.348 e. The molecule has 2 aromatic carbocycles. The van der Waals surface area contributed by atoms with Gasteiger partial charge in [-0.25, -0.2) is 4.98 Å². The molecule has 2 aromatic heterocycles. The number of nitrogens with zero attached hydrogens (tertiary/aromatic N) is 1. The molecule has 5 nitrogen and oxygen atoms in total. The van der Waals surface area contributed by atoms with Crippen molar-refractivity contribution in [3.63, 3.8) is 0 Å². The minimum atomic E-state index is -0.140. The summed E-state index contributed by atoms with van der Waals surface area (Å²) in [5, 5.41) is 3.60. The molecule has 1 amide bonds. The third-order valence-corrected chi connectivity index (χ3v) is 5.97. The number of H-pyrrole nitrogens is 1. The Morgan fingerprint density at radius 3 is 2.52 bits per heavy atom. The van der Waals surface area contributed by atoms with E-state index in [1.54, 1.807) is 23.5 Å². The number of aryl methyl sites for hydroxylation is 2. The molecule has 0 saturated heterocycles. The first-order valence-electron chi connectivity index (χ1n) is 9.51. The van der Waals surface area contributed by atoms with Crippen LogP contribution >= 0.6 is 11.3 Å². The van der Waals surface area contributed by atoms with Crippen LogP contribution in [-0.2, 0) is 13.0 Å². The molecule has 0 bridgehead atoms. The van der Waals surface area contributed by atoms with Gasteiger partial charge >= 0.3 is 0 Å². The van der Waals surface area contributed by atoms with Crippen LogP contribution in [0.15, 0.2) is 59.4 Å². The van der Waals surface area contributed by atoms with E-state index in [1.165, 1.54) is 0 Å². The molecule has 0 spiro atoms. The van der Waals surface area contributed by atoms with Crippen molar-refractivity contribution < 1.29 is 4.79 Å². The van der Waals surface area contributed by atoms with Gasteiger partial charge in [0.1, 0.15) is 10.7 Å². The van der Waals surface area contributed by atoms with Crippen LogP contribution in [0.3, 0.4) is 0 Å². The lowest BCUT2D eigenvalue weighted by molar-refractivity contribution is 0.0951. The van der Waals surface area contributed by atoms with Crippen LogP contribution in [0.25, 0.3) is 21.6 Å². The van der Waals surface area contributed by atoms with Crippen molar-refractivity contribution in [2.75, 3.05) is 0 Å². The second kappa shape index (κ2) is 8.01. The Bertz CT molecular complexity index is 1220. The summed E-state index contributed by atoms with van der Waals surface area (Å²) in [4.78, 5) is 34.4. The molecule has 2 N–H and O–H groups in total. The van der Waals surface area contributed by atoms with Gasteiger partial charge in [-0.1, -0.05) is 49.4 Å². The molecular weight excluding hydrogens is 382 g/mol. The zero-order valence-corrected chi connectivity index (χ0v) is 17.1. The fraction of sp³-hybridized carbons (Fsp3) is 0.174. The van der Waals surface area contributed by atoms with Crippen molar-refractivity contribution in [1.82, 2.24) is 15.3 Å². The lowest BCUT2D eigenvalue weighted by Gasteiger charge is -2.07. The topological polar surface area (TPSA) is 74.8 Å². The van der Waals surface area contributed by atoms with Crippen LogP contribution < -0.4 is 10.9 Å². The Labute approximate surface area is 172 Å². The average Bonchev–Trinajstić information content (AvgIpc) is 3.08. The molecule has 4 rings (SSSR count). The van der Waals surface area contributed by atoms with Gasteiger partial charge in [-0.3, -0.25) is 9.59 Å². The van der Waals surface area contributed by atoms with Gasteiger partial charge in [0.25, 0.3) is 11.5 Å². The van der Waals surface area contributed by atoms with Crippen molar-refractivity contribution in [2.24, 2.45) is 0 Å². The Balaban J connectivity index is 1.56. The summed E-state index contributed by atoms with van der Waals surface area (Å²) in [6.45, 7) is 4.54. The molecule has 0 atom stereocenters. The van der Waals surface area contributed by atoms with Gasteiger partial charge in [0, 0.05) is 22.5 Å². The molecule has 0 saturated carbocycles. The highest BCUT2D eigenvalue weighted by molar-refractivity contribution is 7.18. The molecule has 4 aromatic rings. The van der Waals surface area contributed by atoms with E-state index in [1.807, 2.05) is 56.3 Å². The van der Waals surface area contributed by atoms with Crippen molar-refractivity contribution in [3.05, 3.63) is 86.5 Å². The molecule has 0 fully saturated rings. The number of nitrogens with one attached hydrogen (secondary N) is 2. The third-order valence-electron chi connectivity index (χ3n) is 4.93.